The van der Waals surface area contributed by atoms with Crippen LogP contribution in [0, 0.1) is 5.82 Å². The number of rotatable bonds is 6. The van der Waals surface area contributed by atoms with Gasteiger partial charge in [0.25, 0.3) is 5.56 Å². The predicted molar refractivity (Wildman–Crippen MR) is 115 cm³/mol. The van der Waals surface area contributed by atoms with Crippen LogP contribution in [0.25, 0.3) is 16.6 Å². The fourth-order valence-electron chi connectivity index (χ4n) is 3.23. The van der Waals surface area contributed by atoms with Crippen molar-refractivity contribution in [2.45, 2.75) is 13.2 Å². The number of ether oxygens (including phenoxy) is 1. The molecule has 0 atom stereocenters. The molecule has 0 unspecified atom stereocenters. The highest BCUT2D eigenvalue weighted by Crippen LogP contribution is 2.18. The molecule has 0 N–H and O–H groups in total. The summed E-state index contributed by atoms with van der Waals surface area (Å²) >= 11 is 0. The van der Waals surface area contributed by atoms with Crippen molar-refractivity contribution in [3.63, 3.8) is 0 Å². The average Bonchev–Trinajstić information content (AvgIpc) is 2.73. The lowest BCUT2D eigenvalue weighted by molar-refractivity contribution is 0.305. The van der Waals surface area contributed by atoms with E-state index in [9.17, 15) is 9.18 Å². The summed E-state index contributed by atoms with van der Waals surface area (Å²) < 4.78 is 20.2. The third-order valence-electron chi connectivity index (χ3n) is 4.70. The first-order valence-corrected chi connectivity index (χ1v) is 9.63. The molecule has 6 heteroatoms. The number of benzene rings is 2. The zero-order valence-electron chi connectivity index (χ0n) is 16.9. The SMILES string of the molecule is CN(C)Cc1ccc2cc(-n3ccc(OCc4ccc(F)cc4)cc3=O)ccc2n1. The minimum absolute atomic E-state index is 0.192. The van der Waals surface area contributed by atoms with E-state index in [4.69, 9.17) is 4.74 Å². The Morgan fingerprint density at radius 1 is 1.00 bits per heavy atom. The first kappa shape index (κ1) is 19.8. The van der Waals surface area contributed by atoms with E-state index in [2.05, 4.69) is 9.88 Å². The normalized spacial score (nSPS) is 11.2. The van der Waals surface area contributed by atoms with Gasteiger partial charge in [-0.15, -0.1) is 0 Å². The van der Waals surface area contributed by atoms with Crippen LogP contribution < -0.4 is 10.3 Å². The van der Waals surface area contributed by atoms with Crippen LogP contribution in [0.1, 0.15) is 11.3 Å². The first-order chi connectivity index (χ1) is 14.5. The highest BCUT2D eigenvalue weighted by Gasteiger charge is 2.06. The molecule has 0 aliphatic heterocycles. The molecule has 0 bridgehead atoms. The van der Waals surface area contributed by atoms with Crippen molar-refractivity contribution in [3.8, 4) is 11.4 Å². The number of fused-ring (bicyclic) bond motifs is 1. The van der Waals surface area contributed by atoms with Gasteiger partial charge in [0.1, 0.15) is 18.2 Å². The summed E-state index contributed by atoms with van der Waals surface area (Å²) in [6.07, 6.45) is 1.69. The van der Waals surface area contributed by atoms with E-state index in [1.807, 2.05) is 44.4 Å². The lowest BCUT2D eigenvalue weighted by Gasteiger charge is -2.11. The van der Waals surface area contributed by atoms with Gasteiger partial charge in [-0.3, -0.25) is 14.3 Å². The Hall–Kier alpha value is -3.51. The van der Waals surface area contributed by atoms with E-state index in [-0.39, 0.29) is 18.0 Å². The van der Waals surface area contributed by atoms with Gasteiger partial charge >= 0.3 is 0 Å². The quantitative estimate of drug-likeness (QED) is 0.485. The molecule has 152 valence electrons. The molecule has 0 saturated heterocycles. The van der Waals surface area contributed by atoms with Crippen molar-refractivity contribution in [1.29, 1.82) is 0 Å². The Kier molecular flexibility index (Phi) is 5.59. The van der Waals surface area contributed by atoms with Gasteiger partial charge in [-0.25, -0.2) is 4.39 Å². The van der Waals surface area contributed by atoms with Gasteiger partial charge in [0.05, 0.1) is 11.2 Å². The smallest absolute Gasteiger partial charge is 0.258 e. The maximum Gasteiger partial charge on any atom is 0.258 e. The second-order valence-corrected chi connectivity index (χ2v) is 7.40. The molecule has 0 fully saturated rings. The van der Waals surface area contributed by atoms with Crippen LogP contribution in [0.15, 0.2) is 77.7 Å². The molecule has 5 nitrogen and oxygen atoms in total. The van der Waals surface area contributed by atoms with Crippen LogP contribution in [-0.2, 0) is 13.2 Å². The third kappa shape index (κ3) is 4.55. The van der Waals surface area contributed by atoms with Gasteiger partial charge < -0.3 is 9.64 Å². The molecular formula is C24H22FN3O2. The van der Waals surface area contributed by atoms with Gasteiger partial charge in [0.15, 0.2) is 0 Å². The van der Waals surface area contributed by atoms with Crippen LogP contribution in [0.2, 0.25) is 0 Å². The molecule has 30 heavy (non-hydrogen) atoms. The zero-order chi connectivity index (χ0) is 21.1. The highest BCUT2D eigenvalue weighted by molar-refractivity contribution is 5.81. The van der Waals surface area contributed by atoms with Crippen molar-refractivity contribution >= 4 is 10.9 Å². The summed E-state index contributed by atoms with van der Waals surface area (Å²) in [6, 6.07) is 19.1. The van der Waals surface area contributed by atoms with Crippen molar-refractivity contribution in [2.24, 2.45) is 0 Å². The van der Waals surface area contributed by atoms with Gasteiger partial charge in [0, 0.05) is 29.9 Å². The fourth-order valence-corrected chi connectivity index (χ4v) is 3.23. The molecule has 0 saturated carbocycles. The number of pyridine rings is 2. The fraction of sp³-hybridized carbons (Fsp3) is 0.167. The second kappa shape index (κ2) is 8.47. The third-order valence-corrected chi connectivity index (χ3v) is 4.70. The number of hydrogen-bond acceptors (Lipinski definition) is 4. The first-order valence-electron chi connectivity index (χ1n) is 9.63. The maximum absolute atomic E-state index is 13.0. The van der Waals surface area contributed by atoms with E-state index >= 15 is 0 Å². The number of aromatic nitrogens is 2. The molecule has 0 spiro atoms. The second-order valence-electron chi connectivity index (χ2n) is 7.40. The Bertz CT molecular complexity index is 1230. The van der Waals surface area contributed by atoms with Crippen LogP contribution >= 0.6 is 0 Å². The van der Waals surface area contributed by atoms with E-state index in [0.717, 1.165) is 34.4 Å². The van der Waals surface area contributed by atoms with E-state index in [1.54, 1.807) is 29.0 Å². The van der Waals surface area contributed by atoms with Crippen LogP contribution in [0.3, 0.4) is 0 Å². The number of nitrogens with zero attached hydrogens (tertiary/aromatic N) is 3. The highest BCUT2D eigenvalue weighted by atomic mass is 19.1. The standard InChI is InChI=1S/C24H22FN3O2/c1-27(2)15-20-8-5-18-13-21(9-10-23(18)26-20)28-12-11-22(14-24(28)29)30-16-17-3-6-19(25)7-4-17/h3-14H,15-16H2,1-2H3. The van der Waals surface area contributed by atoms with Crippen LogP contribution in [0.5, 0.6) is 5.75 Å². The molecule has 2 aromatic carbocycles. The summed E-state index contributed by atoms with van der Waals surface area (Å²) in [4.78, 5) is 19.4. The van der Waals surface area contributed by atoms with Gasteiger partial charge in [0.2, 0.25) is 0 Å². The van der Waals surface area contributed by atoms with Gasteiger partial charge in [-0.2, -0.15) is 0 Å². The summed E-state index contributed by atoms with van der Waals surface area (Å²) in [7, 11) is 4.02. The summed E-state index contributed by atoms with van der Waals surface area (Å²) in [6.45, 7) is 1.04. The largest absolute Gasteiger partial charge is 0.489 e. The molecule has 0 aliphatic carbocycles. The van der Waals surface area contributed by atoms with Crippen molar-refractivity contribution in [1.82, 2.24) is 14.5 Å². The lowest BCUT2D eigenvalue weighted by atomic mass is 10.1. The molecule has 0 aliphatic rings. The Morgan fingerprint density at radius 3 is 2.53 bits per heavy atom. The van der Waals surface area contributed by atoms with Gasteiger partial charge in [-0.05, 0) is 62.1 Å². The lowest BCUT2D eigenvalue weighted by Crippen LogP contribution is -2.16. The van der Waals surface area contributed by atoms with Crippen molar-refractivity contribution in [3.05, 3.63) is 100 Å². The minimum atomic E-state index is -0.291. The number of halogens is 1. The monoisotopic (exact) mass is 403 g/mol. The molecule has 0 amide bonds. The van der Waals surface area contributed by atoms with E-state index in [1.165, 1.54) is 18.2 Å². The van der Waals surface area contributed by atoms with Gasteiger partial charge in [-0.1, -0.05) is 18.2 Å². The predicted octanol–water partition coefficient (Wildman–Crippen LogP) is 4.17. The zero-order valence-corrected chi connectivity index (χ0v) is 16.9. The average molecular weight is 403 g/mol. The van der Waals surface area contributed by atoms with Crippen molar-refractivity contribution in [2.75, 3.05) is 14.1 Å². The van der Waals surface area contributed by atoms with E-state index in [0.29, 0.717) is 5.75 Å². The molecular weight excluding hydrogens is 381 g/mol. The number of hydrogen-bond donors (Lipinski definition) is 0. The Labute approximate surface area is 174 Å². The van der Waals surface area contributed by atoms with Crippen molar-refractivity contribution < 1.29 is 9.13 Å². The maximum atomic E-state index is 13.0. The molecule has 4 rings (SSSR count). The van der Waals surface area contributed by atoms with E-state index < -0.39 is 0 Å². The molecule has 2 aromatic heterocycles. The van der Waals surface area contributed by atoms with Crippen LogP contribution in [0.4, 0.5) is 4.39 Å². The Balaban J connectivity index is 1.54. The topological polar surface area (TPSA) is 47.4 Å². The molecule has 0 radical (unpaired) electrons. The summed E-state index contributed by atoms with van der Waals surface area (Å²) in [5.41, 5.74) is 3.30. The molecule has 4 aromatic rings. The summed E-state index contributed by atoms with van der Waals surface area (Å²) in [5.74, 6) is 0.178. The molecule has 2 heterocycles. The summed E-state index contributed by atoms with van der Waals surface area (Å²) in [5, 5.41) is 0.971. The Morgan fingerprint density at radius 2 is 1.80 bits per heavy atom. The minimum Gasteiger partial charge on any atom is -0.489 e. The van der Waals surface area contributed by atoms with Crippen LogP contribution in [-0.4, -0.2) is 28.5 Å².